The van der Waals surface area contributed by atoms with Crippen molar-refractivity contribution in [1.82, 2.24) is 9.97 Å². The number of rotatable bonds is 5. The maximum Gasteiger partial charge on any atom is 0.141 e. The van der Waals surface area contributed by atoms with E-state index in [4.69, 9.17) is 10.5 Å². The van der Waals surface area contributed by atoms with E-state index in [1.807, 2.05) is 43.3 Å². The van der Waals surface area contributed by atoms with Gasteiger partial charge in [0.1, 0.15) is 35.6 Å². The van der Waals surface area contributed by atoms with Crippen LogP contribution >= 0.6 is 0 Å². The first-order chi connectivity index (χ1) is 15.9. The summed E-state index contributed by atoms with van der Waals surface area (Å²) >= 11 is 0. The number of aliphatic hydroxyl groups is 1. The molecule has 4 N–H and O–H groups in total. The van der Waals surface area contributed by atoms with Crippen LogP contribution in [0.15, 0.2) is 67.0 Å². The zero-order valence-electron chi connectivity index (χ0n) is 18.2. The largest absolute Gasteiger partial charge is 0.457 e. The van der Waals surface area contributed by atoms with E-state index in [2.05, 4.69) is 27.1 Å². The van der Waals surface area contributed by atoms with Crippen LogP contribution in [0.1, 0.15) is 18.1 Å². The van der Waals surface area contributed by atoms with Crippen molar-refractivity contribution >= 4 is 22.4 Å². The molecule has 4 rings (SSSR count). The van der Waals surface area contributed by atoms with Gasteiger partial charge in [0.15, 0.2) is 0 Å². The third-order valence-corrected chi connectivity index (χ3v) is 4.96. The quantitative estimate of drug-likeness (QED) is 0.389. The molecule has 4 aromatic rings. The van der Waals surface area contributed by atoms with Crippen molar-refractivity contribution in [3.63, 3.8) is 0 Å². The summed E-state index contributed by atoms with van der Waals surface area (Å²) in [5, 5.41) is 13.9. The van der Waals surface area contributed by atoms with Gasteiger partial charge in [-0.15, -0.1) is 0 Å². The predicted octanol–water partition coefficient (Wildman–Crippen LogP) is 4.67. The number of halogens is 1. The van der Waals surface area contributed by atoms with E-state index >= 15 is 0 Å². The van der Waals surface area contributed by atoms with Gasteiger partial charge in [-0.3, -0.25) is 0 Å². The molecule has 0 aliphatic rings. The molecule has 0 saturated heterocycles. The van der Waals surface area contributed by atoms with E-state index in [1.165, 1.54) is 18.5 Å². The second-order valence-corrected chi connectivity index (χ2v) is 7.69. The van der Waals surface area contributed by atoms with Gasteiger partial charge in [0.25, 0.3) is 0 Å². The molecule has 2 atom stereocenters. The summed E-state index contributed by atoms with van der Waals surface area (Å²) in [4.78, 5) is 8.70. The number of aryl methyl sites for hydroxylation is 1. The lowest BCUT2D eigenvalue weighted by atomic mass is 10.1. The fourth-order valence-electron chi connectivity index (χ4n) is 3.16. The van der Waals surface area contributed by atoms with E-state index in [-0.39, 0.29) is 5.82 Å². The molecule has 0 saturated carbocycles. The number of fused-ring (bicyclic) bond motifs is 1. The summed E-state index contributed by atoms with van der Waals surface area (Å²) in [6.07, 6.45) is 0.589. The lowest BCUT2D eigenvalue weighted by Crippen LogP contribution is -2.29. The minimum Gasteiger partial charge on any atom is -0.457 e. The Morgan fingerprint density at radius 1 is 1.09 bits per heavy atom. The van der Waals surface area contributed by atoms with E-state index in [0.717, 1.165) is 27.7 Å². The summed E-state index contributed by atoms with van der Waals surface area (Å²) in [5.74, 6) is 7.03. The van der Waals surface area contributed by atoms with Crippen molar-refractivity contribution in [3.8, 4) is 23.3 Å². The fourth-order valence-corrected chi connectivity index (χ4v) is 3.16. The Morgan fingerprint density at radius 3 is 2.70 bits per heavy atom. The molecule has 0 radical (unpaired) electrons. The number of ether oxygens (including phenoxy) is 1. The van der Waals surface area contributed by atoms with Crippen molar-refractivity contribution in [2.24, 2.45) is 5.73 Å². The Kier molecular flexibility index (Phi) is 6.50. The minimum atomic E-state index is -0.901. The Labute approximate surface area is 191 Å². The van der Waals surface area contributed by atoms with Crippen LogP contribution < -0.4 is 15.8 Å². The van der Waals surface area contributed by atoms with Crippen molar-refractivity contribution < 1.29 is 14.2 Å². The Morgan fingerprint density at radius 2 is 1.94 bits per heavy atom. The summed E-state index contributed by atoms with van der Waals surface area (Å²) in [5.41, 5.74) is 8.82. The molecule has 33 heavy (non-hydrogen) atoms. The highest BCUT2D eigenvalue weighted by molar-refractivity contribution is 5.91. The molecule has 3 aromatic carbocycles. The number of hydrogen-bond donors (Lipinski definition) is 3. The van der Waals surface area contributed by atoms with Crippen molar-refractivity contribution in [3.05, 3.63) is 83.9 Å². The molecule has 0 bridgehead atoms. The van der Waals surface area contributed by atoms with E-state index in [0.29, 0.717) is 17.3 Å². The average Bonchev–Trinajstić information content (AvgIpc) is 2.79. The standard InChI is InChI=1S/C26H23FN4O2/c1-16-12-20(8-11-25(16)33-21-5-3-4-19(27)14-21)31-26-22-13-18(7-10-24(32)17(2)28)6-9-23(22)29-15-30-26/h3-6,8-9,11-15,17,24,32H,28H2,1-2H3,(H,29,30,31). The molecule has 1 heterocycles. The number of benzene rings is 3. The topological polar surface area (TPSA) is 93.3 Å². The molecule has 0 fully saturated rings. The van der Waals surface area contributed by atoms with Crippen LogP contribution in [-0.2, 0) is 0 Å². The summed E-state index contributed by atoms with van der Waals surface area (Å²) in [6, 6.07) is 16.7. The van der Waals surface area contributed by atoms with Gasteiger partial charge in [-0.25, -0.2) is 14.4 Å². The third kappa shape index (κ3) is 5.44. The normalized spacial score (nSPS) is 12.5. The molecule has 0 amide bonds. The summed E-state index contributed by atoms with van der Waals surface area (Å²) in [6.45, 7) is 3.61. The first-order valence-corrected chi connectivity index (χ1v) is 10.4. The Bertz CT molecular complexity index is 1360. The molecule has 0 spiro atoms. The number of nitrogens with zero attached hydrogens (tertiary/aromatic N) is 2. The first-order valence-electron chi connectivity index (χ1n) is 10.4. The second kappa shape index (κ2) is 9.65. The highest BCUT2D eigenvalue weighted by Gasteiger charge is 2.09. The van der Waals surface area contributed by atoms with Crippen LogP contribution in [0.2, 0.25) is 0 Å². The van der Waals surface area contributed by atoms with Gasteiger partial charge in [-0.2, -0.15) is 0 Å². The second-order valence-electron chi connectivity index (χ2n) is 7.69. The van der Waals surface area contributed by atoms with E-state index in [1.54, 1.807) is 19.1 Å². The van der Waals surface area contributed by atoms with Gasteiger partial charge in [-0.05, 0) is 67.9 Å². The molecule has 1 aromatic heterocycles. The van der Waals surface area contributed by atoms with E-state index < -0.39 is 12.1 Å². The van der Waals surface area contributed by atoms with Crippen LogP contribution in [-0.4, -0.2) is 27.2 Å². The monoisotopic (exact) mass is 442 g/mol. The number of aliphatic hydroxyl groups excluding tert-OH is 1. The maximum absolute atomic E-state index is 13.4. The highest BCUT2D eigenvalue weighted by Crippen LogP contribution is 2.30. The van der Waals surface area contributed by atoms with Crippen LogP contribution in [0.3, 0.4) is 0 Å². The van der Waals surface area contributed by atoms with Crippen molar-refractivity contribution in [1.29, 1.82) is 0 Å². The van der Waals surface area contributed by atoms with Gasteiger partial charge >= 0.3 is 0 Å². The number of anilines is 2. The Hall–Kier alpha value is -3.99. The zero-order valence-corrected chi connectivity index (χ0v) is 18.2. The molecule has 0 aliphatic carbocycles. The smallest absolute Gasteiger partial charge is 0.141 e. The molecule has 6 nitrogen and oxygen atoms in total. The zero-order chi connectivity index (χ0) is 23.4. The van der Waals surface area contributed by atoms with Crippen molar-refractivity contribution in [2.75, 3.05) is 5.32 Å². The number of aromatic nitrogens is 2. The number of hydrogen-bond acceptors (Lipinski definition) is 6. The Balaban J connectivity index is 1.59. The van der Waals surface area contributed by atoms with Crippen LogP contribution in [0.4, 0.5) is 15.9 Å². The molecular weight excluding hydrogens is 419 g/mol. The van der Waals surface area contributed by atoms with Crippen LogP contribution in [0.25, 0.3) is 10.9 Å². The summed E-state index contributed by atoms with van der Waals surface area (Å²) in [7, 11) is 0. The molecule has 0 aliphatic heterocycles. The minimum absolute atomic E-state index is 0.352. The van der Waals surface area contributed by atoms with Gasteiger partial charge in [0.05, 0.1) is 5.52 Å². The predicted molar refractivity (Wildman–Crippen MR) is 127 cm³/mol. The number of nitrogens with two attached hydrogens (primary N) is 1. The lowest BCUT2D eigenvalue weighted by molar-refractivity contribution is 0.207. The third-order valence-electron chi connectivity index (χ3n) is 4.96. The van der Waals surface area contributed by atoms with E-state index in [9.17, 15) is 9.50 Å². The number of nitrogens with one attached hydrogen (secondary N) is 1. The molecule has 7 heteroatoms. The van der Waals surface area contributed by atoms with Crippen molar-refractivity contribution in [2.45, 2.75) is 26.0 Å². The molecule has 2 unspecified atom stereocenters. The van der Waals surface area contributed by atoms with Gasteiger partial charge in [0, 0.05) is 28.7 Å². The maximum atomic E-state index is 13.4. The average molecular weight is 442 g/mol. The van der Waals surface area contributed by atoms with Gasteiger partial charge < -0.3 is 20.9 Å². The SMILES string of the molecule is Cc1cc(Nc2ncnc3ccc(C#CC(O)C(C)N)cc23)ccc1Oc1cccc(F)c1. The lowest BCUT2D eigenvalue weighted by Gasteiger charge is -2.12. The fraction of sp³-hybridized carbons (Fsp3) is 0.154. The van der Waals surface area contributed by atoms with Gasteiger partial charge in [0.2, 0.25) is 0 Å². The highest BCUT2D eigenvalue weighted by atomic mass is 19.1. The van der Waals surface area contributed by atoms with Crippen LogP contribution in [0, 0.1) is 24.6 Å². The summed E-state index contributed by atoms with van der Waals surface area (Å²) < 4.78 is 19.2. The van der Waals surface area contributed by atoms with Gasteiger partial charge in [-0.1, -0.05) is 17.9 Å². The first kappa shape index (κ1) is 22.2. The molecule has 166 valence electrons. The van der Waals surface area contributed by atoms with Crippen LogP contribution in [0.5, 0.6) is 11.5 Å². The molecular formula is C26H23FN4O2.